The van der Waals surface area contributed by atoms with Gasteiger partial charge in [0.15, 0.2) is 10.1 Å². The lowest BCUT2D eigenvalue weighted by Gasteiger charge is -2.36. The van der Waals surface area contributed by atoms with E-state index in [9.17, 15) is 9.90 Å². The molecule has 2 unspecified atom stereocenters. The van der Waals surface area contributed by atoms with E-state index >= 15 is 0 Å². The van der Waals surface area contributed by atoms with Crippen LogP contribution in [0.1, 0.15) is 12.6 Å². The lowest BCUT2D eigenvalue weighted by molar-refractivity contribution is -0.140. The molecule has 2 aromatic rings. The average molecular weight is 342 g/mol. The van der Waals surface area contributed by atoms with Gasteiger partial charge in [-0.25, -0.2) is 4.98 Å². The summed E-state index contributed by atoms with van der Waals surface area (Å²) >= 11 is 7.58. The first kappa shape index (κ1) is 15.5. The predicted molar refractivity (Wildman–Crippen MR) is 85.1 cm³/mol. The number of morpholine rings is 1. The van der Waals surface area contributed by atoms with Crippen molar-refractivity contribution in [1.82, 2.24) is 14.3 Å². The maximum atomic E-state index is 12.4. The number of hydrogen-bond acceptors (Lipinski definition) is 5. The van der Waals surface area contributed by atoms with Crippen LogP contribution in [0.15, 0.2) is 17.7 Å². The van der Waals surface area contributed by atoms with Gasteiger partial charge in [0.25, 0.3) is 0 Å². The molecule has 2 atom stereocenters. The number of aliphatic hydroxyl groups excluding tert-OH is 1. The van der Waals surface area contributed by atoms with Crippen molar-refractivity contribution in [3.05, 3.63) is 28.5 Å². The fourth-order valence-corrected chi connectivity index (χ4v) is 3.41. The second-order valence-electron chi connectivity index (χ2n) is 5.15. The number of aliphatic hydroxyl groups is 1. The maximum absolute atomic E-state index is 12.4. The van der Waals surface area contributed by atoms with Gasteiger partial charge < -0.3 is 14.7 Å². The summed E-state index contributed by atoms with van der Waals surface area (Å²) in [5.41, 5.74) is 0.686. The minimum absolute atomic E-state index is 0.0259. The number of aromatic nitrogens is 2. The van der Waals surface area contributed by atoms with Crippen molar-refractivity contribution in [3.8, 4) is 0 Å². The van der Waals surface area contributed by atoms with Gasteiger partial charge in [0.1, 0.15) is 0 Å². The highest BCUT2D eigenvalue weighted by Crippen LogP contribution is 2.22. The molecule has 0 saturated carbocycles. The fourth-order valence-electron chi connectivity index (χ4n) is 2.41. The molecule has 0 bridgehead atoms. The molecule has 1 aliphatic heterocycles. The summed E-state index contributed by atoms with van der Waals surface area (Å²) in [6, 6.07) is -0.0259. The molecule has 0 aromatic carbocycles. The lowest BCUT2D eigenvalue weighted by Crippen LogP contribution is -2.51. The molecule has 6 nitrogen and oxygen atoms in total. The summed E-state index contributed by atoms with van der Waals surface area (Å²) in [5, 5.41) is 11.5. The third-order valence-corrected chi connectivity index (χ3v) is 4.66. The normalized spacial score (nSPS) is 22.8. The highest BCUT2D eigenvalue weighted by Gasteiger charge is 2.28. The number of imidazole rings is 1. The topological polar surface area (TPSA) is 67.1 Å². The Labute approximate surface area is 136 Å². The van der Waals surface area contributed by atoms with Gasteiger partial charge >= 0.3 is 0 Å². The number of ether oxygens (including phenoxy) is 1. The number of carbonyl (C=O) groups is 1. The first-order valence-corrected chi connectivity index (χ1v) is 8.18. The van der Waals surface area contributed by atoms with Crippen LogP contribution in [0.5, 0.6) is 0 Å². The molecule has 8 heteroatoms. The Morgan fingerprint density at radius 2 is 2.50 bits per heavy atom. The molecule has 1 saturated heterocycles. The number of nitrogens with zero attached hydrogens (tertiary/aromatic N) is 3. The number of thiazole rings is 1. The third-order valence-electron chi connectivity index (χ3n) is 3.63. The van der Waals surface area contributed by atoms with Crippen molar-refractivity contribution in [2.24, 2.45) is 0 Å². The summed E-state index contributed by atoms with van der Waals surface area (Å²) in [7, 11) is 0. The molecule has 1 fully saturated rings. The van der Waals surface area contributed by atoms with Crippen LogP contribution in [0.3, 0.4) is 0 Å². The molecule has 1 N–H and O–H groups in total. The minimum Gasteiger partial charge on any atom is -0.394 e. The van der Waals surface area contributed by atoms with Gasteiger partial charge in [-0.05, 0) is 13.0 Å². The number of rotatable bonds is 3. The van der Waals surface area contributed by atoms with Gasteiger partial charge in [-0.1, -0.05) is 11.6 Å². The van der Waals surface area contributed by atoms with Gasteiger partial charge in [0.05, 0.1) is 31.1 Å². The van der Waals surface area contributed by atoms with Crippen LogP contribution in [0.2, 0.25) is 5.15 Å². The standard InChI is InChI=1S/C14H16ClN3O3S/c1-9-8-21-10(7-19)6-18(9)12(20)3-2-11-13(15)16-14-17(11)4-5-22-14/h2-5,9-10,19H,6-8H2,1H3/b3-2+. The van der Waals surface area contributed by atoms with E-state index in [2.05, 4.69) is 4.98 Å². The van der Waals surface area contributed by atoms with Crippen LogP contribution < -0.4 is 0 Å². The molecule has 3 heterocycles. The first-order chi connectivity index (χ1) is 10.6. The van der Waals surface area contributed by atoms with E-state index < -0.39 is 0 Å². The van der Waals surface area contributed by atoms with Gasteiger partial charge in [-0.2, -0.15) is 0 Å². The second kappa shape index (κ2) is 6.37. The van der Waals surface area contributed by atoms with E-state index in [1.807, 2.05) is 22.9 Å². The molecule has 1 aliphatic rings. The number of amides is 1. The third kappa shape index (κ3) is 2.89. The smallest absolute Gasteiger partial charge is 0.247 e. The van der Waals surface area contributed by atoms with Crippen molar-refractivity contribution in [3.63, 3.8) is 0 Å². The fraction of sp³-hybridized carbons (Fsp3) is 0.429. The predicted octanol–water partition coefficient (Wildman–Crippen LogP) is 1.67. The molecule has 2 aromatic heterocycles. The van der Waals surface area contributed by atoms with E-state index in [4.69, 9.17) is 16.3 Å². The number of fused-ring (bicyclic) bond motifs is 1. The van der Waals surface area contributed by atoms with Crippen LogP contribution in [0, 0.1) is 0 Å². The van der Waals surface area contributed by atoms with Crippen LogP contribution in [0.25, 0.3) is 11.0 Å². The van der Waals surface area contributed by atoms with Crippen LogP contribution in [0.4, 0.5) is 0 Å². The Bertz CT molecular complexity index is 711. The van der Waals surface area contributed by atoms with Crippen molar-refractivity contribution >= 4 is 39.9 Å². The molecule has 3 rings (SSSR count). The lowest BCUT2D eigenvalue weighted by atomic mass is 10.2. The number of halogens is 1. The van der Waals surface area contributed by atoms with Crippen LogP contribution in [-0.4, -0.2) is 57.2 Å². The van der Waals surface area contributed by atoms with Gasteiger partial charge in [0, 0.05) is 24.2 Å². The summed E-state index contributed by atoms with van der Waals surface area (Å²) in [6.07, 6.45) is 4.70. The van der Waals surface area contributed by atoms with E-state index in [0.29, 0.717) is 24.0 Å². The van der Waals surface area contributed by atoms with Gasteiger partial charge in [-0.3, -0.25) is 9.20 Å². The van der Waals surface area contributed by atoms with Crippen LogP contribution in [-0.2, 0) is 9.53 Å². The maximum Gasteiger partial charge on any atom is 0.247 e. The molecule has 118 valence electrons. The molecular formula is C14H16ClN3O3S. The molecule has 0 aliphatic carbocycles. The van der Waals surface area contributed by atoms with E-state index in [-0.39, 0.29) is 24.7 Å². The van der Waals surface area contributed by atoms with Crippen LogP contribution >= 0.6 is 22.9 Å². The van der Waals surface area contributed by atoms with E-state index in [1.54, 1.807) is 11.0 Å². The summed E-state index contributed by atoms with van der Waals surface area (Å²) in [6.45, 7) is 2.63. The Morgan fingerprint density at radius 1 is 1.68 bits per heavy atom. The zero-order valence-electron chi connectivity index (χ0n) is 12.0. The summed E-state index contributed by atoms with van der Waals surface area (Å²) in [4.78, 5) is 19.1. The van der Waals surface area contributed by atoms with Gasteiger partial charge in [0.2, 0.25) is 5.91 Å². The summed E-state index contributed by atoms with van der Waals surface area (Å²) in [5.74, 6) is -0.129. The monoisotopic (exact) mass is 341 g/mol. The zero-order chi connectivity index (χ0) is 15.7. The molecule has 22 heavy (non-hydrogen) atoms. The molecular weight excluding hydrogens is 326 g/mol. The highest BCUT2D eigenvalue weighted by atomic mass is 35.5. The average Bonchev–Trinajstić information content (AvgIpc) is 3.06. The highest BCUT2D eigenvalue weighted by molar-refractivity contribution is 7.15. The quantitative estimate of drug-likeness (QED) is 0.862. The first-order valence-electron chi connectivity index (χ1n) is 6.92. The Hall–Kier alpha value is -1.41. The molecule has 0 radical (unpaired) electrons. The zero-order valence-corrected chi connectivity index (χ0v) is 13.5. The summed E-state index contributed by atoms with van der Waals surface area (Å²) < 4.78 is 7.28. The Balaban J connectivity index is 1.78. The molecule has 0 spiro atoms. The van der Waals surface area contributed by atoms with Gasteiger partial charge in [-0.15, -0.1) is 11.3 Å². The SMILES string of the molecule is CC1COC(CO)CN1C(=O)/C=C/c1c(Cl)nc2sccn12. The van der Waals surface area contributed by atoms with Crippen molar-refractivity contribution in [2.75, 3.05) is 19.8 Å². The second-order valence-corrected chi connectivity index (χ2v) is 6.39. The van der Waals surface area contributed by atoms with Crippen molar-refractivity contribution in [1.29, 1.82) is 0 Å². The molecule has 1 amide bonds. The van der Waals surface area contributed by atoms with E-state index in [1.165, 1.54) is 17.4 Å². The number of carbonyl (C=O) groups excluding carboxylic acids is 1. The van der Waals surface area contributed by atoms with Crippen molar-refractivity contribution < 1.29 is 14.6 Å². The Morgan fingerprint density at radius 3 is 3.27 bits per heavy atom. The minimum atomic E-state index is -0.323. The largest absolute Gasteiger partial charge is 0.394 e. The Kier molecular flexibility index (Phi) is 4.49. The van der Waals surface area contributed by atoms with E-state index in [0.717, 1.165) is 4.96 Å². The van der Waals surface area contributed by atoms with Crippen molar-refractivity contribution in [2.45, 2.75) is 19.1 Å². The number of hydrogen-bond donors (Lipinski definition) is 1.